The Morgan fingerprint density at radius 3 is 2.64 bits per heavy atom. The van der Waals surface area contributed by atoms with Crippen LogP contribution in [0.3, 0.4) is 0 Å². The molecule has 0 atom stereocenters. The number of nitrogens with zero attached hydrogens (tertiary/aromatic N) is 4. The van der Waals surface area contributed by atoms with Gasteiger partial charge in [0, 0.05) is 6.54 Å². The average molecular weight is 206 g/mol. The molecule has 7 heteroatoms. The minimum absolute atomic E-state index is 0.381. The fraction of sp³-hybridized carbons (Fsp3) is 0.714. The van der Waals surface area contributed by atoms with Gasteiger partial charge in [0.15, 0.2) is 0 Å². The molecule has 1 aliphatic rings. The van der Waals surface area contributed by atoms with Gasteiger partial charge in [0.25, 0.3) is 5.82 Å². The lowest BCUT2D eigenvalue weighted by atomic mass is 10.4. The summed E-state index contributed by atoms with van der Waals surface area (Å²) in [4.78, 5) is 5.36. The molecule has 4 nitrogen and oxygen atoms in total. The third-order valence-electron chi connectivity index (χ3n) is 2.11. The summed E-state index contributed by atoms with van der Waals surface area (Å²) in [6.45, 7) is 1.59. The Morgan fingerprint density at radius 1 is 1.29 bits per heavy atom. The van der Waals surface area contributed by atoms with E-state index < -0.39 is 12.0 Å². The van der Waals surface area contributed by atoms with Crippen LogP contribution < -0.4 is 0 Å². The molecule has 0 saturated carbocycles. The molecule has 0 unspecified atom stereocenters. The maximum absolute atomic E-state index is 12.2. The molecule has 0 spiro atoms. The second-order valence-electron chi connectivity index (χ2n) is 3.31. The largest absolute Gasteiger partial charge is 0.453 e. The minimum atomic E-state index is -4.44. The lowest BCUT2D eigenvalue weighted by Gasteiger charge is -2.21. The monoisotopic (exact) mass is 206 g/mol. The van der Waals surface area contributed by atoms with Gasteiger partial charge in [-0.15, -0.1) is 5.10 Å². The third kappa shape index (κ3) is 1.59. The van der Waals surface area contributed by atoms with E-state index in [9.17, 15) is 13.2 Å². The van der Waals surface area contributed by atoms with Crippen LogP contribution in [0.1, 0.15) is 11.6 Å². The van der Waals surface area contributed by atoms with Crippen LogP contribution in [0.15, 0.2) is 0 Å². The van der Waals surface area contributed by atoms with Crippen molar-refractivity contribution in [3.8, 4) is 0 Å². The summed E-state index contributed by atoms with van der Waals surface area (Å²) in [7, 11) is 1.84. The first-order valence-corrected chi connectivity index (χ1v) is 4.16. The standard InChI is InChI=1S/C7H9F3N4/c1-13-2-3-14-5(4-13)11-6(12-14)7(8,9)10/h2-4H2,1H3. The SMILES string of the molecule is CN1CCn2nc(C(F)(F)F)nc2C1. The molecule has 0 N–H and O–H groups in total. The molecule has 0 bridgehead atoms. The topological polar surface area (TPSA) is 34.0 Å². The Bertz CT molecular complexity index is 343. The Balaban J connectivity index is 2.32. The molecular formula is C7H9F3N4. The summed E-state index contributed by atoms with van der Waals surface area (Å²) in [5.41, 5.74) is 0. The Kier molecular flexibility index (Phi) is 1.99. The van der Waals surface area contributed by atoms with E-state index >= 15 is 0 Å². The van der Waals surface area contributed by atoms with Gasteiger partial charge >= 0.3 is 6.18 Å². The second-order valence-corrected chi connectivity index (χ2v) is 3.31. The Morgan fingerprint density at radius 2 is 2.00 bits per heavy atom. The van der Waals surface area contributed by atoms with E-state index in [1.165, 1.54) is 4.68 Å². The van der Waals surface area contributed by atoms with Crippen molar-refractivity contribution in [2.45, 2.75) is 19.3 Å². The van der Waals surface area contributed by atoms with Gasteiger partial charge in [-0.2, -0.15) is 13.2 Å². The van der Waals surface area contributed by atoms with Gasteiger partial charge in [-0.1, -0.05) is 0 Å². The molecule has 1 aromatic heterocycles. The molecule has 1 aliphatic heterocycles. The molecule has 0 fully saturated rings. The normalized spacial score (nSPS) is 18.3. The molecule has 2 heterocycles. The fourth-order valence-electron chi connectivity index (χ4n) is 1.38. The van der Waals surface area contributed by atoms with Crippen LogP contribution in [0.25, 0.3) is 0 Å². The maximum atomic E-state index is 12.2. The smallest absolute Gasteiger partial charge is 0.297 e. The van der Waals surface area contributed by atoms with Crippen molar-refractivity contribution >= 4 is 0 Å². The van der Waals surface area contributed by atoms with E-state index in [-0.39, 0.29) is 0 Å². The van der Waals surface area contributed by atoms with Gasteiger partial charge in [-0.3, -0.25) is 4.90 Å². The van der Waals surface area contributed by atoms with Crippen molar-refractivity contribution in [1.29, 1.82) is 0 Å². The van der Waals surface area contributed by atoms with Gasteiger partial charge in [-0.25, -0.2) is 9.67 Å². The van der Waals surface area contributed by atoms with Gasteiger partial charge in [0.2, 0.25) is 0 Å². The highest BCUT2D eigenvalue weighted by Gasteiger charge is 2.37. The highest BCUT2D eigenvalue weighted by atomic mass is 19.4. The van der Waals surface area contributed by atoms with E-state index in [4.69, 9.17) is 0 Å². The molecule has 0 aromatic carbocycles. The minimum Gasteiger partial charge on any atom is -0.297 e. The van der Waals surface area contributed by atoms with Crippen LogP contribution >= 0.6 is 0 Å². The first kappa shape index (κ1) is 9.45. The van der Waals surface area contributed by atoms with Crippen LogP contribution in [0.4, 0.5) is 13.2 Å². The lowest BCUT2D eigenvalue weighted by molar-refractivity contribution is -0.145. The van der Waals surface area contributed by atoms with E-state index in [2.05, 4.69) is 10.1 Å². The first-order valence-electron chi connectivity index (χ1n) is 4.16. The molecule has 1 aromatic rings. The summed E-state index contributed by atoms with van der Waals surface area (Å²) < 4.78 is 38.0. The summed E-state index contributed by atoms with van der Waals surface area (Å²) in [6.07, 6.45) is -4.44. The number of hydrogen-bond acceptors (Lipinski definition) is 3. The Hall–Kier alpha value is -1.11. The van der Waals surface area contributed by atoms with Crippen molar-refractivity contribution in [1.82, 2.24) is 19.7 Å². The van der Waals surface area contributed by atoms with Crippen molar-refractivity contribution < 1.29 is 13.2 Å². The summed E-state index contributed by atoms with van der Waals surface area (Å²) in [6, 6.07) is 0. The number of halogens is 3. The first-order chi connectivity index (χ1) is 6.47. The Labute approximate surface area is 78.3 Å². The summed E-state index contributed by atoms with van der Waals surface area (Å²) >= 11 is 0. The van der Waals surface area contributed by atoms with Gasteiger partial charge in [0.05, 0.1) is 13.1 Å². The second kappa shape index (κ2) is 2.94. The molecule has 0 radical (unpaired) electrons. The molecule has 2 rings (SSSR count). The molecular weight excluding hydrogens is 197 g/mol. The highest BCUT2D eigenvalue weighted by Crippen LogP contribution is 2.26. The molecule has 0 aliphatic carbocycles. The fourth-order valence-corrected chi connectivity index (χ4v) is 1.38. The zero-order valence-electron chi connectivity index (χ0n) is 7.54. The van der Waals surface area contributed by atoms with Crippen LogP contribution in [-0.4, -0.2) is 33.3 Å². The van der Waals surface area contributed by atoms with E-state index in [0.29, 0.717) is 25.5 Å². The summed E-state index contributed by atoms with van der Waals surface area (Å²) in [5, 5.41) is 3.41. The number of likely N-dealkylation sites (N-methyl/N-ethyl adjacent to an activating group) is 1. The maximum Gasteiger partial charge on any atom is 0.453 e. The van der Waals surface area contributed by atoms with Crippen molar-refractivity contribution in [2.24, 2.45) is 0 Å². The molecule has 0 amide bonds. The molecule has 78 valence electrons. The van der Waals surface area contributed by atoms with Crippen LogP contribution in [0, 0.1) is 0 Å². The number of rotatable bonds is 0. The zero-order valence-corrected chi connectivity index (χ0v) is 7.54. The molecule has 14 heavy (non-hydrogen) atoms. The number of aromatic nitrogens is 3. The number of alkyl halides is 3. The van der Waals surface area contributed by atoms with Crippen molar-refractivity contribution in [2.75, 3.05) is 13.6 Å². The van der Waals surface area contributed by atoms with Crippen molar-refractivity contribution in [3.63, 3.8) is 0 Å². The summed E-state index contributed by atoms with van der Waals surface area (Å²) in [5.74, 6) is -0.658. The number of fused-ring (bicyclic) bond motifs is 1. The quantitative estimate of drug-likeness (QED) is 0.628. The van der Waals surface area contributed by atoms with E-state index in [0.717, 1.165) is 0 Å². The average Bonchev–Trinajstić information content (AvgIpc) is 2.45. The van der Waals surface area contributed by atoms with Crippen LogP contribution in [0.2, 0.25) is 0 Å². The predicted molar refractivity (Wildman–Crippen MR) is 41.4 cm³/mol. The molecule has 0 saturated heterocycles. The van der Waals surface area contributed by atoms with Gasteiger partial charge in [0.1, 0.15) is 5.82 Å². The zero-order chi connectivity index (χ0) is 10.3. The highest BCUT2D eigenvalue weighted by molar-refractivity contribution is 4.98. The van der Waals surface area contributed by atoms with Gasteiger partial charge < -0.3 is 0 Å². The van der Waals surface area contributed by atoms with E-state index in [1.807, 2.05) is 11.9 Å². The third-order valence-corrected chi connectivity index (χ3v) is 2.11. The number of hydrogen-bond donors (Lipinski definition) is 0. The lowest BCUT2D eigenvalue weighted by Crippen LogP contribution is -2.30. The van der Waals surface area contributed by atoms with Crippen molar-refractivity contribution in [3.05, 3.63) is 11.6 Å². The van der Waals surface area contributed by atoms with E-state index in [1.54, 1.807) is 0 Å². The van der Waals surface area contributed by atoms with Gasteiger partial charge in [-0.05, 0) is 7.05 Å². The van der Waals surface area contributed by atoms with Crippen LogP contribution in [0.5, 0.6) is 0 Å². The predicted octanol–water partition coefficient (Wildman–Crippen LogP) is 0.742. The van der Waals surface area contributed by atoms with Crippen LogP contribution in [-0.2, 0) is 19.3 Å².